The Morgan fingerprint density at radius 3 is 2.59 bits per heavy atom. The van der Waals surface area contributed by atoms with Crippen LogP contribution in [0.4, 0.5) is 36.2 Å². The Morgan fingerprint density at radius 2 is 1.89 bits per heavy atom. The number of carbonyl (C=O) groups excluding carboxylic acids is 1. The largest absolute Gasteiger partial charge is 0.419 e. The van der Waals surface area contributed by atoms with Crippen molar-refractivity contribution in [3.05, 3.63) is 87.8 Å². The van der Waals surface area contributed by atoms with E-state index in [1.165, 1.54) is 6.08 Å². The van der Waals surface area contributed by atoms with Gasteiger partial charge in [0.15, 0.2) is 0 Å². The minimum Gasteiger partial charge on any atom is -0.379 e. The summed E-state index contributed by atoms with van der Waals surface area (Å²) in [6.07, 6.45) is 2.85. The summed E-state index contributed by atoms with van der Waals surface area (Å²) in [6.45, 7) is 8.97. The van der Waals surface area contributed by atoms with Crippen molar-refractivity contribution in [1.82, 2.24) is 14.9 Å². The van der Waals surface area contributed by atoms with Gasteiger partial charge in [0.25, 0.3) is 0 Å². The van der Waals surface area contributed by atoms with Gasteiger partial charge in [0.1, 0.15) is 0 Å². The fourth-order valence-electron chi connectivity index (χ4n) is 5.43. The van der Waals surface area contributed by atoms with Crippen LogP contribution in [0.3, 0.4) is 0 Å². The minimum absolute atomic E-state index is 0.0729. The fourth-order valence-corrected chi connectivity index (χ4v) is 6.06. The number of ether oxygens (including phenoxy) is 1. The first-order chi connectivity index (χ1) is 21.2. The topological polar surface area (TPSA) is 82.6 Å². The zero-order valence-electron chi connectivity index (χ0n) is 24.1. The van der Waals surface area contributed by atoms with Gasteiger partial charge in [0.2, 0.25) is 11.9 Å². The van der Waals surface area contributed by atoms with E-state index in [1.807, 2.05) is 18.2 Å². The predicted octanol–water partition coefficient (Wildman–Crippen LogP) is 6.53. The number of rotatable bonds is 9. The van der Waals surface area contributed by atoms with E-state index in [2.05, 4.69) is 65.6 Å². The summed E-state index contributed by atoms with van der Waals surface area (Å²) in [5.74, 6) is -0.272. The van der Waals surface area contributed by atoms with Crippen LogP contribution in [-0.4, -0.2) is 66.2 Å². The van der Waals surface area contributed by atoms with Crippen LogP contribution in [0.25, 0.3) is 6.08 Å². The molecule has 3 aromatic rings. The molecule has 0 atom stereocenters. The molecule has 0 spiro atoms. The molecule has 2 aromatic carbocycles. The first-order valence-corrected chi connectivity index (χ1v) is 15.5. The third kappa shape index (κ3) is 8.36. The molecule has 12 heteroatoms. The van der Waals surface area contributed by atoms with E-state index in [0.29, 0.717) is 23.8 Å². The van der Waals surface area contributed by atoms with Crippen LogP contribution >= 0.6 is 22.6 Å². The average molecular weight is 719 g/mol. The molecule has 1 aromatic heterocycles. The molecule has 0 bridgehead atoms. The Kier molecular flexibility index (Phi) is 10.5. The van der Waals surface area contributed by atoms with E-state index >= 15 is 0 Å². The Labute approximate surface area is 268 Å². The number of allylic oxidation sites excluding steroid dienone is 1. The quantitative estimate of drug-likeness (QED) is 0.193. The number of nitrogens with one attached hydrogen (secondary N) is 2. The number of anilines is 4. The molecule has 2 N–H and O–H groups in total. The first kappa shape index (κ1) is 31.9. The van der Waals surface area contributed by atoms with Crippen LogP contribution < -0.4 is 15.5 Å². The highest BCUT2D eigenvalue weighted by Gasteiger charge is 2.34. The number of hydrogen-bond acceptors (Lipinski definition) is 7. The van der Waals surface area contributed by atoms with Crippen molar-refractivity contribution in [2.24, 2.45) is 0 Å². The molecular weight excluding hydrogens is 684 g/mol. The number of nitrogens with zero attached hydrogens (tertiary/aromatic N) is 4. The van der Waals surface area contributed by atoms with Gasteiger partial charge < -0.3 is 20.3 Å². The second-order valence-corrected chi connectivity index (χ2v) is 11.8. The summed E-state index contributed by atoms with van der Waals surface area (Å²) in [5.41, 5.74) is 2.06. The summed E-state index contributed by atoms with van der Waals surface area (Å²) in [6, 6.07) is 13.7. The fraction of sp³-hybridized carbons (Fsp3) is 0.344. The van der Waals surface area contributed by atoms with Crippen molar-refractivity contribution in [2.45, 2.75) is 31.5 Å². The number of alkyl halides is 3. The van der Waals surface area contributed by atoms with Gasteiger partial charge in [-0.15, -0.1) is 0 Å². The lowest BCUT2D eigenvalue weighted by atomic mass is 10.0. The van der Waals surface area contributed by atoms with E-state index in [0.717, 1.165) is 79.3 Å². The summed E-state index contributed by atoms with van der Waals surface area (Å²) >= 11 is 2.23. The van der Waals surface area contributed by atoms with E-state index in [1.54, 1.807) is 24.3 Å². The lowest BCUT2D eigenvalue weighted by molar-refractivity contribution is -0.138. The maximum atomic E-state index is 13.8. The highest BCUT2D eigenvalue weighted by atomic mass is 127. The maximum Gasteiger partial charge on any atom is 0.419 e. The Hall–Kier alpha value is -3.49. The molecule has 2 saturated heterocycles. The molecule has 232 valence electrons. The molecule has 0 aliphatic carbocycles. The number of halogens is 4. The van der Waals surface area contributed by atoms with E-state index < -0.39 is 11.7 Å². The molecule has 0 saturated carbocycles. The predicted molar refractivity (Wildman–Crippen MR) is 175 cm³/mol. The minimum atomic E-state index is -4.61. The third-order valence-corrected chi connectivity index (χ3v) is 8.62. The number of hydrogen-bond donors (Lipinski definition) is 2. The van der Waals surface area contributed by atoms with Gasteiger partial charge in [-0.25, -0.2) is 9.97 Å². The van der Waals surface area contributed by atoms with E-state index in [-0.39, 0.29) is 17.5 Å². The highest BCUT2D eigenvalue weighted by molar-refractivity contribution is 14.1. The number of piperidine rings is 1. The van der Waals surface area contributed by atoms with Gasteiger partial charge >= 0.3 is 6.18 Å². The van der Waals surface area contributed by atoms with Crippen molar-refractivity contribution >= 4 is 57.6 Å². The van der Waals surface area contributed by atoms with Crippen LogP contribution in [0.1, 0.15) is 29.7 Å². The average Bonchev–Trinajstić information content (AvgIpc) is 3.02. The van der Waals surface area contributed by atoms with Gasteiger partial charge in [0.05, 0.1) is 30.2 Å². The highest BCUT2D eigenvalue weighted by Crippen LogP contribution is 2.33. The summed E-state index contributed by atoms with van der Waals surface area (Å²) in [5, 5.41) is 5.77. The lowest BCUT2D eigenvalue weighted by Gasteiger charge is -2.40. The van der Waals surface area contributed by atoms with Crippen molar-refractivity contribution < 1.29 is 22.7 Å². The zero-order chi connectivity index (χ0) is 31.1. The summed E-state index contributed by atoms with van der Waals surface area (Å²) in [7, 11) is 0. The van der Waals surface area contributed by atoms with Gasteiger partial charge in [-0.2, -0.15) is 13.2 Å². The van der Waals surface area contributed by atoms with Crippen molar-refractivity contribution in [1.29, 1.82) is 0 Å². The molecule has 8 nitrogen and oxygen atoms in total. The summed E-state index contributed by atoms with van der Waals surface area (Å²) < 4.78 is 47.8. The number of amides is 1. The molecule has 1 amide bonds. The molecule has 2 aliphatic heterocycles. The SMILES string of the molecule is C=CC(=O)Nc1cccc(C/C=C/c2nc(Nc3ccc(N4CCC(N5CCOCC5)CC4)cc3I)ncc2C(F)(F)F)c1. The molecule has 44 heavy (non-hydrogen) atoms. The Bertz CT molecular complexity index is 1500. The first-order valence-electron chi connectivity index (χ1n) is 14.5. The smallest absolute Gasteiger partial charge is 0.379 e. The molecule has 5 rings (SSSR count). The van der Waals surface area contributed by atoms with E-state index in [9.17, 15) is 18.0 Å². The van der Waals surface area contributed by atoms with Crippen molar-refractivity contribution in [3.8, 4) is 0 Å². The second-order valence-electron chi connectivity index (χ2n) is 10.6. The Morgan fingerprint density at radius 1 is 1.11 bits per heavy atom. The molecule has 0 radical (unpaired) electrons. The van der Waals surface area contributed by atoms with Crippen LogP contribution in [0.5, 0.6) is 0 Å². The number of morpholine rings is 1. The van der Waals surface area contributed by atoms with Crippen LogP contribution in [0, 0.1) is 3.57 Å². The standard InChI is InChI=1S/C32H34F3IN6O2/c1-2-30(43)38-23-7-3-5-22(19-23)6-4-8-28-26(32(33,34)35)21-37-31(39-28)40-29-10-9-25(20-27(29)36)41-13-11-24(12-14-41)42-15-17-44-18-16-42/h2-5,7-10,19-21,24H,1,6,11-18H2,(H,38,43)(H,37,39,40)/b8-4+. The molecule has 3 heterocycles. The monoisotopic (exact) mass is 718 g/mol. The molecule has 2 fully saturated rings. The van der Waals surface area contributed by atoms with Crippen molar-refractivity contribution in [3.63, 3.8) is 0 Å². The van der Waals surface area contributed by atoms with Crippen LogP contribution in [-0.2, 0) is 22.1 Å². The Balaban J connectivity index is 1.25. The maximum absolute atomic E-state index is 13.8. The third-order valence-electron chi connectivity index (χ3n) is 7.72. The van der Waals surface area contributed by atoms with Gasteiger partial charge in [0, 0.05) is 53.4 Å². The van der Waals surface area contributed by atoms with E-state index in [4.69, 9.17) is 4.74 Å². The zero-order valence-corrected chi connectivity index (χ0v) is 26.3. The lowest BCUT2D eigenvalue weighted by Crippen LogP contribution is -2.49. The number of carbonyl (C=O) groups is 1. The van der Waals surface area contributed by atoms with Gasteiger partial charge in [-0.1, -0.05) is 24.8 Å². The molecular formula is C32H34F3IN6O2. The summed E-state index contributed by atoms with van der Waals surface area (Å²) in [4.78, 5) is 24.7. The van der Waals surface area contributed by atoms with Crippen molar-refractivity contribution in [2.75, 3.05) is 54.9 Å². The van der Waals surface area contributed by atoms with Crippen LogP contribution in [0.15, 0.2) is 67.4 Å². The van der Waals surface area contributed by atoms with Gasteiger partial charge in [-0.3, -0.25) is 9.69 Å². The number of aromatic nitrogens is 2. The second kappa shape index (κ2) is 14.5. The normalized spacial score (nSPS) is 16.7. The molecule has 2 aliphatic rings. The number of benzene rings is 2. The molecule has 0 unspecified atom stereocenters. The van der Waals surface area contributed by atoms with Crippen LogP contribution in [0.2, 0.25) is 0 Å². The van der Waals surface area contributed by atoms with Gasteiger partial charge in [-0.05, 0) is 89.9 Å².